The van der Waals surface area contributed by atoms with Gasteiger partial charge in [0.1, 0.15) is 3.70 Å². The summed E-state index contributed by atoms with van der Waals surface area (Å²) >= 11 is 7.51. The van der Waals surface area contributed by atoms with Crippen molar-refractivity contribution in [2.24, 2.45) is 0 Å². The Labute approximate surface area is 122 Å². The van der Waals surface area contributed by atoms with Gasteiger partial charge in [0.05, 0.1) is 24.6 Å². The molecule has 18 heavy (non-hydrogen) atoms. The summed E-state index contributed by atoms with van der Waals surface area (Å²) in [4.78, 5) is 15.5. The molecular weight excluding hydrogens is 378 g/mol. The predicted octanol–water partition coefficient (Wildman–Crippen LogP) is 3.47. The van der Waals surface area contributed by atoms with Gasteiger partial charge in [-0.3, -0.25) is 4.79 Å². The zero-order valence-corrected chi connectivity index (χ0v) is 12.5. The van der Waals surface area contributed by atoms with Gasteiger partial charge in [-0.25, -0.2) is 13.8 Å². The number of carbonyl (C=O) groups is 1. The average molecular weight is 390 g/mol. The first kappa shape index (κ1) is 15.6. The van der Waals surface area contributed by atoms with Gasteiger partial charge in [0.15, 0.2) is 0 Å². The van der Waals surface area contributed by atoms with E-state index >= 15 is 0 Å². The highest BCUT2D eigenvalue weighted by Crippen LogP contribution is 2.27. The third-order valence-corrected chi connectivity index (χ3v) is 3.01. The molecule has 100 valence electrons. The van der Waals surface area contributed by atoms with E-state index in [1.807, 2.05) is 22.6 Å². The number of pyridine rings is 1. The maximum Gasteiger partial charge on any atom is 0.310 e. The number of hydrogen-bond donors (Lipinski definition) is 0. The molecule has 0 amide bonds. The van der Waals surface area contributed by atoms with E-state index in [2.05, 4.69) is 4.98 Å². The number of alkyl halides is 3. The lowest BCUT2D eigenvalue weighted by Crippen LogP contribution is -2.13. The molecule has 0 spiro atoms. The molecule has 0 saturated heterocycles. The molecule has 0 aliphatic rings. The third-order valence-electron chi connectivity index (χ3n) is 2.20. The minimum absolute atomic E-state index is 0.0225. The topological polar surface area (TPSA) is 39.2 Å². The van der Waals surface area contributed by atoms with Crippen molar-refractivity contribution in [1.82, 2.24) is 4.98 Å². The molecule has 7 heteroatoms. The molecule has 0 aliphatic heterocycles. The second-order valence-electron chi connectivity index (χ2n) is 3.38. The SMILES string of the molecule is CCOC(=O)Cc1c(C(F)F)cc(I)nc1CCl. The van der Waals surface area contributed by atoms with Crippen LogP contribution in [-0.4, -0.2) is 17.6 Å². The molecule has 3 nitrogen and oxygen atoms in total. The van der Waals surface area contributed by atoms with Crippen molar-refractivity contribution in [2.75, 3.05) is 6.61 Å². The number of esters is 1. The van der Waals surface area contributed by atoms with Crippen LogP contribution >= 0.6 is 34.2 Å². The normalized spacial score (nSPS) is 10.8. The van der Waals surface area contributed by atoms with E-state index in [9.17, 15) is 13.6 Å². The van der Waals surface area contributed by atoms with E-state index in [1.165, 1.54) is 6.07 Å². The van der Waals surface area contributed by atoms with Crippen LogP contribution in [0.25, 0.3) is 0 Å². The summed E-state index contributed by atoms with van der Waals surface area (Å²) in [6.07, 6.45) is -2.91. The van der Waals surface area contributed by atoms with Gasteiger partial charge in [-0.1, -0.05) is 0 Å². The molecule has 0 N–H and O–H groups in total. The molecule has 0 aliphatic carbocycles. The zero-order chi connectivity index (χ0) is 13.7. The molecule has 1 heterocycles. The van der Waals surface area contributed by atoms with Gasteiger partial charge < -0.3 is 4.74 Å². The molecular formula is C11H11ClF2INO2. The molecule has 0 radical (unpaired) electrons. The Hall–Kier alpha value is -0.500. The Morgan fingerprint density at radius 3 is 2.78 bits per heavy atom. The molecule has 0 atom stereocenters. The Morgan fingerprint density at radius 2 is 2.28 bits per heavy atom. The van der Waals surface area contributed by atoms with Crippen molar-refractivity contribution < 1.29 is 18.3 Å². The third kappa shape index (κ3) is 4.01. The highest BCUT2D eigenvalue weighted by molar-refractivity contribution is 14.1. The standard InChI is InChI=1S/C11H11ClF2INO2/c1-2-18-10(17)4-6-7(11(13)14)3-9(15)16-8(6)5-12/h3,11H,2,4-5H2,1H3. The van der Waals surface area contributed by atoms with Crippen LogP contribution in [0.5, 0.6) is 0 Å². The Bertz CT molecular complexity index is 443. The van der Waals surface area contributed by atoms with E-state index in [4.69, 9.17) is 16.3 Å². The van der Waals surface area contributed by atoms with Crippen LogP contribution in [0.4, 0.5) is 8.78 Å². The van der Waals surface area contributed by atoms with Gasteiger partial charge in [0.2, 0.25) is 0 Å². The summed E-state index contributed by atoms with van der Waals surface area (Å²) in [6, 6.07) is 1.26. The monoisotopic (exact) mass is 389 g/mol. The van der Waals surface area contributed by atoms with E-state index in [0.717, 1.165) is 0 Å². The molecule has 0 fully saturated rings. The van der Waals surface area contributed by atoms with E-state index in [1.54, 1.807) is 6.92 Å². The summed E-state index contributed by atoms with van der Waals surface area (Å²) in [6.45, 7) is 1.86. The van der Waals surface area contributed by atoms with Gasteiger partial charge in [0.25, 0.3) is 6.43 Å². The molecule has 0 aromatic carbocycles. The quantitative estimate of drug-likeness (QED) is 0.335. The maximum absolute atomic E-state index is 12.9. The van der Waals surface area contributed by atoms with Crippen LogP contribution in [0.2, 0.25) is 0 Å². The van der Waals surface area contributed by atoms with E-state index in [-0.39, 0.29) is 30.0 Å². The molecule has 0 unspecified atom stereocenters. The minimum Gasteiger partial charge on any atom is -0.466 e. The van der Waals surface area contributed by atoms with Gasteiger partial charge in [-0.15, -0.1) is 11.6 Å². The number of rotatable bonds is 5. The number of aromatic nitrogens is 1. The smallest absolute Gasteiger partial charge is 0.310 e. The van der Waals surface area contributed by atoms with Crippen molar-refractivity contribution >= 4 is 40.2 Å². The number of hydrogen-bond acceptors (Lipinski definition) is 3. The van der Waals surface area contributed by atoms with Crippen molar-refractivity contribution in [2.45, 2.75) is 25.7 Å². The van der Waals surface area contributed by atoms with Crippen LogP contribution in [-0.2, 0) is 21.8 Å². The Balaban J connectivity index is 3.16. The number of ether oxygens (including phenoxy) is 1. The van der Waals surface area contributed by atoms with Crippen molar-refractivity contribution in [3.8, 4) is 0 Å². The summed E-state index contributed by atoms with van der Waals surface area (Å²) in [5, 5.41) is 0. The Kier molecular flexibility index (Phi) is 6.20. The number of halogens is 4. The first-order chi connectivity index (χ1) is 8.49. The van der Waals surface area contributed by atoms with E-state index < -0.39 is 12.4 Å². The molecule has 1 rings (SSSR count). The van der Waals surface area contributed by atoms with Crippen LogP contribution in [0.3, 0.4) is 0 Å². The molecule has 0 saturated carbocycles. The van der Waals surface area contributed by atoms with Crippen molar-refractivity contribution in [1.29, 1.82) is 0 Å². The van der Waals surface area contributed by atoms with Gasteiger partial charge in [-0.05, 0) is 41.1 Å². The van der Waals surface area contributed by atoms with Crippen molar-refractivity contribution in [3.63, 3.8) is 0 Å². The summed E-state index contributed by atoms with van der Waals surface area (Å²) < 4.78 is 31.0. The lowest BCUT2D eigenvalue weighted by atomic mass is 10.0. The lowest BCUT2D eigenvalue weighted by Gasteiger charge is -2.12. The average Bonchev–Trinajstić information content (AvgIpc) is 2.30. The van der Waals surface area contributed by atoms with Gasteiger partial charge in [-0.2, -0.15) is 0 Å². The summed E-state index contributed by atoms with van der Waals surface area (Å²) in [5.41, 5.74) is 0.254. The van der Waals surface area contributed by atoms with Crippen LogP contribution in [0, 0.1) is 3.70 Å². The second kappa shape index (κ2) is 7.18. The second-order valence-corrected chi connectivity index (χ2v) is 4.75. The predicted molar refractivity (Wildman–Crippen MR) is 71.8 cm³/mol. The van der Waals surface area contributed by atoms with Crippen LogP contribution < -0.4 is 0 Å². The first-order valence-corrected chi connectivity index (χ1v) is 6.78. The fourth-order valence-electron chi connectivity index (χ4n) is 1.48. The fraction of sp³-hybridized carbons (Fsp3) is 0.455. The highest BCUT2D eigenvalue weighted by Gasteiger charge is 2.21. The maximum atomic E-state index is 12.9. The minimum atomic E-state index is -2.67. The summed E-state index contributed by atoms with van der Waals surface area (Å²) in [5.74, 6) is -0.584. The van der Waals surface area contributed by atoms with E-state index in [0.29, 0.717) is 9.39 Å². The van der Waals surface area contributed by atoms with Gasteiger partial charge >= 0.3 is 5.97 Å². The Morgan fingerprint density at radius 1 is 1.61 bits per heavy atom. The highest BCUT2D eigenvalue weighted by atomic mass is 127. The summed E-state index contributed by atoms with van der Waals surface area (Å²) in [7, 11) is 0. The molecule has 0 bridgehead atoms. The lowest BCUT2D eigenvalue weighted by molar-refractivity contribution is -0.142. The number of carbonyl (C=O) groups excluding carboxylic acids is 1. The van der Waals surface area contributed by atoms with Gasteiger partial charge in [0, 0.05) is 5.56 Å². The van der Waals surface area contributed by atoms with Crippen LogP contribution in [0.15, 0.2) is 6.07 Å². The molecule has 1 aromatic heterocycles. The largest absolute Gasteiger partial charge is 0.466 e. The number of nitrogens with zero attached hydrogens (tertiary/aromatic N) is 1. The van der Waals surface area contributed by atoms with Crippen LogP contribution in [0.1, 0.15) is 30.2 Å². The first-order valence-electron chi connectivity index (χ1n) is 5.17. The van der Waals surface area contributed by atoms with Crippen molar-refractivity contribution in [3.05, 3.63) is 26.6 Å². The molecule has 1 aromatic rings. The zero-order valence-electron chi connectivity index (χ0n) is 9.55. The fourth-order valence-corrected chi connectivity index (χ4v) is 2.32.